The number of carbonyl (C=O) groups is 1. The number of methoxy groups -OCH3 is 1. The highest BCUT2D eigenvalue weighted by Crippen LogP contribution is 2.21. The summed E-state index contributed by atoms with van der Waals surface area (Å²) in [7, 11) is 1.56. The van der Waals surface area contributed by atoms with Crippen LogP contribution >= 0.6 is 0 Å². The second kappa shape index (κ2) is 6.19. The van der Waals surface area contributed by atoms with Gasteiger partial charge in [-0.05, 0) is 25.1 Å². The number of rotatable bonds is 4. The van der Waals surface area contributed by atoms with E-state index in [1.807, 2.05) is 25.1 Å². The number of ether oxygens (including phenoxy) is 1. The first-order chi connectivity index (χ1) is 9.60. The van der Waals surface area contributed by atoms with Gasteiger partial charge in [-0.25, -0.2) is 4.39 Å². The number of para-hydroxylation sites is 1. The molecular weight excluding hydrogens is 257 g/mol. The topological polar surface area (TPSA) is 38.3 Å². The molecule has 4 heteroatoms. The van der Waals surface area contributed by atoms with Gasteiger partial charge in [0.05, 0.1) is 19.2 Å². The first-order valence-corrected chi connectivity index (χ1v) is 6.28. The van der Waals surface area contributed by atoms with E-state index in [4.69, 9.17) is 4.74 Å². The normalized spacial score (nSPS) is 10.2. The Morgan fingerprint density at radius 1 is 1.25 bits per heavy atom. The van der Waals surface area contributed by atoms with Gasteiger partial charge >= 0.3 is 0 Å². The van der Waals surface area contributed by atoms with E-state index in [0.29, 0.717) is 5.75 Å². The van der Waals surface area contributed by atoms with Crippen molar-refractivity contribution in [3.63, 3.8) is 0 Å². The van der Waals surface area contributed by atoms with Gasteiger partial charge in [0.15, 0.2) is 0 Å². The van der Waals surface area contributed by atoms with Gasteiger partial charge in [-0.15, -0.1) is 0 Å². The van der Waals surface area contributed by atoms with Crippen molar-refractivity contribution >= 4 is 11.6 Å². The van der Waals surface area contributed by atoms with Crippen LogP contribution in [-0.4, -0.2) is 13.0 Å². The molecule has 0 saturated carbocycles. The number of amides is 1. The molecule has 0 atom stereocenters. The number of hydrogen-bond acceptors (Lipinski definition) is 2. The van der Waals surface area contributed by atoms with E-state index in [0.717, 1.165) is 11.1 Å². The fourth-order valence-electron chi connectivity index (χ4n) is 1.98. The predicted octanol–water partition coefficient (Wildman–Crippen LogP) is 3.32. The Bertz CT molecular complexity index is 626. The average molecular weight is 273 g/mol. The molecule has 0 unspecified atom stereocenters. The lowest BCUT2D eigenvalue weighted by Gasteiger charge is -2.10. The highest BCUT2D eigenvalue weighted by atomic mass is 19.1. The zero-order chi connectivity index (χ0) is 14.5. The molecule has 104 valence electrons. The molecule has 0 aromatic heterocycles. The van der Waals surface area contributed by atoms with Crippen molar-refractivity contribution < 1.29 is 13.9 Å². The number of benzene rings is 2. The molecule has 0 saturated heterocycles. The van der Waals surface area contributed by atoms with Gasteiger partial charge in [0.1, 0.15) is 11.6 Å². The lowest BCUT2D eigenvalue weighted by Crippen LogP contribution is -2.15. The third-order valence-electron chi connectivity index (χ3n) is 2.93. The second-order valence-electron chi connectivity index (χ2n) is 4.52. The summed E-state index contributed by atoms with van der Waals surface area (Å²) in [6.45, 7) is 1.94. The monoisotopic (exact) mass is 273 g/mol. The Hall–Kier alpha value is -2.36. The van der Waals surface area contributed by atoms with Crippen LogP contribution in [0, 0.1) is 12.7 Å². The molecule has 1 N–H and O–H groups in total. The number of aryl methyl sites for hydroxylation is 1. The van der Waals surface area contributed by atoms with Crippen molar-refractivity contribution in [2.75, 3.05) is 12.4 Å². The number of halogens is 1. The van der Waals surface area contributed by atoms with Gasteiger partial charge < -0.3 is 10.1 Å². The van der Waals surface area contributed by atoms with Crippen LogP contribution in [0.15, 0.2) is 42.5 Å². The zero-order valence-corrected chi connectivity index (χ0v) is 11.4. The summed E-state index contributed by atoms with van der Waals surface area (Å²) in [5.74, 6) is -0.0738. The molecule has 0 aliphatic carbocycles. The number of nitrogens with one attached hydrogen (secondary N) is 1. The van der Waals surface area contributed by atoms with Crippen LogP contribution in [0.1, 0.15) is 11.1 Å². The van der Waals surface area contributed by atoms with Gasteiger partial charge in [0.2, 0.25) is 5.91 Å². The van der Waals surface area contributed by atoms with Crippen molar-refractivity contribution in [3.8, 4) is 5.75 Å². The van der Waals surface area contributed by atoms with Crippen LogP contribution in [0.3, 0.4) is 0 Å². The maximum absolute atomic E-state index is 13.5. The SMILES string of the molecule is COc1ccc(C)cc1CC(=O)Nc1ccccc1F. The highest BCUT2D eigenvalue weighted by molar-refractivity contribution is 5.92. The average Bonchev–Trinajstić information content (AvgIpc) is 2.41. The Balaban J connectivity index is 2.12. The predicted molar refractivity (Wildman–Crippen MR) is 76.5 cm³/mol. The minimum atomic E-state index is -0.447. The summed E-state index contributed by atoms with van der Waals surface area (Å²) >= 11 is 0. The zero-order valence-electron chi connectivity index (χ0n) is 11.4. The molecule has 0 spiro atoms. The molecular formula is C16H16FNO2. The summed E-state index contributed by atoms with van der Waals surface area (Å²) in [6.07, 6.45) is 0.138. The van der Waals surface area contributed by atoms with Crippen molar-refractivity contribution in [1.29, 1.82) is 0 Å². The van der Waals surface area contributed by atoms with E-state index in [1.165, 1.54) is 12.1 Å². The van der Waals surface area contributed by atoms with Gasteiger partial charge in [0.25, 0.3) is 0 Å². The van der Waals surface area contributed by atoms with Crippen LogP contribution < -0.4 is 10.1 Å². The minimum absolute atomic E-state index is 0.138. The van der Waals surface area contributed by atoms with Crippen molar-refractivity contribution in [3.05, 3.63) is 59.4 Å². The summed E-state index contributed by atoms with van der Waals surface area (Å²) in [5, 5.41) is 2.56. The largest absolute Gasteiger partial charge is 0.496 e. The summed E-state index contributed by atoms with van der Waals surface area (Å²) in [5.41, 5.74) is 2.00. The molecule has 0 radical (unpaired) electrons. The second-order valence-corrected chi connectivity index (χ2v) is 4.52. The van der Waals surface area contributed by atoms with Crippen LogP contribution in [0.5, 0.6) is 5.75 Å². The summed E-state index contributed by atoms with van der Waals surface area (Å²) in [4.78, 5) is 12.0. The molecule has 0 bridgehead atoms. The van der Waals surface area contributed by atoms with Crippen molar-refractivity contribution in [1.82, 2.24) is 0 Å². The molecule has 20 heavy (non-hydrogen) atoms. The number of carbonyl (C=O) groups excluding carboxylic acids is 1. The van der Waals surface area contributed by atoms with E-state index in [9.17, 15) is 9.18 Å². The molecule has 0 aliphatic rings. The Labute approximate surface area is 117 Å². The maximum Gasteiger partial charge on any atom is 0.229 e. The van der Waals surface area contributed by atoms with Gasteiger partial charge in [-0.1, -0.05) is 29.8 Å². The van der Waals surface area contributed by atoms with Crippen molar-refractivity contribution in [2.24, 2.45) is 0 Å². The van der Waals surface area contributed by atoms with E-state index in [2.05, 4.69) is 5.32 Å². The van der Waals surface area contributed by atoms with Gasteiger partial charge in [-0.3, -0.25) is 4.79 Å². The minimum Gasteiger partial charge on any atom is -0.496 e. The first kappa shape index (κ1) is 14.1. The lowest BCUT2D eigenvalue weighted by molar-refractivity contribution is -0.115. The fourth-order valence-corrected chi connectivity index (χ4v) is 1.98. The van der Waals surface area contributed by atoms with E-state index in [-0.39, 0.29) is 18.0 Å². The van der Waals surface area contributed by atoms with Gasteiger partial charge in [-0.2, -0.15) is 0 Å². The Kier molecular flexibility index (Phi) is 4.35. The highest BCUT2D eigenvalue weighted by Gasteiger charge is 2.11. The quantitative estimate of drug-likeness (QED) is 0.928. The molecule has 2 rings (SSSR count). The third kappa shape index (κ3) is 3.35. The fraction of sp³-hybridized carbons (Fsp3) is 0.188. The Morgan fingerprint density at radius 3 is 2.70 bits per heavy atom. The van der Waals surface area contributed by atoms with E-state index < -0.39 is 5.82 Å². The van der Waals surface area contributed by atoms with Crippen LogP contribution in [-0.2, 0) is 11.2 Å². The smallest absolute Gasteiger partial charge is 0.229 e. The molecule has 2 aromatic carbocycles. The standard InChI is InChI=1S/C16H16FNO2/c1-11-7-8-15(20-2)12(9-11)10-16(19)18-14-6-4-3-5-13(14)17/h3-9H,10H2,1-2H3,(H,18,19). The molecule has 2 aromatic rings. The lowest BCUT2D eigenvalue weighted by atomic mass is 10.1. The molecule has 0 fully saturated rings. The van der Waals surface area contributed by atoms with E-state index >= 15 is 0 Å². The van der Waals surface area contributed by atoms with Crippen molar-refractivity contribution in [2.45, 2.75) is 13.3 Å². The molecule has 0 aliphatic heterocycles. The molecule has 1 amide bonds. The summed E-state index contributed by atoms with van der Waals surface area (Å²) < 4.78 is 18.7. The summed E-state index contributed by atoms with van der Waals surface area (Å²) in [6, 6.07) is 11.7. The van der Waals surface area contributed by atoms with E-state index in [1.54, 1.807) is 19.2 Å². The third-order valence-corrected chi connectivity index (χ3v) is 2.93. The number of anilines is 1. The molecule has 0 heterocycles. The first-order valence-electron chi connectivity index (χ1n) is 6.28. The maximum atomic E-state index is 13.5. The number of hydrogen-bond donors (Lipinski definition) is 1. The van der Waals surface area contributed by atoms with Gasteiger partial charge in [0, 0.05) is 5.56 Å². The molecule has 3 nitrogen and oxygen atoms in total. The van der Waals surface area contributed by atoms with Crippen LogP contribution in [0.25, 0.3) is 0 Å². The van der Waals surface area contributed by atoms with Crippen LogP contribution in [0.4, 0.5) is 10.1 Å². The Morgan fingerprint density at radius 2 is 2.00 bits per heavy atom. The van der Waals surface area contributed by atoms with Crippen LogP contribution in [0.2, 0.25) is 0 Å².